The second-order valence-corrected chi connectivity index (χ2v) is 12.8. The fraction of sp³-hybridized carbons (Fsp3) is 0.314. The van der Waals surface area contributed by atoms with E-state index in [4.69, 9.17) is 14.2 Å². The highest BCUT2D eigenvalue weighted by molar-refractivity contribution is 7.99. The van der Waals surface area contributed by atoms with Crippen LogP contribution in [0.25, 0.3) is 22.3 Å². The average Bonchev–Trinajstić information content (AvgIpc) is 3.86. The van der Waals surface area contributed by atoms with Crippen LogP contribution in [0.15, 0.2) is 59.8 Å². The van der Waals surface area contributed by atoms with E-state index in [1.165, 1.54) is 43.3 Å². The highest BCUT2D eigenvalue weighted by Crippen LogP contribution is 2.50. The zero-order valence-electron chi connectivity index (χ0n) is 25.5. The first-order chi connectivity index (χ1) is 22.2. The number of thioether (sulfide) groups is 1. The van der Waals surface area contributed by atoms with Gasteiger partial charge >= 0.3 is 5.97 Å². The summed E-state index contributed by atoms with van der Waals surface area (Å²) in [7, 11) is 1.42. The third-order valence-electron chi connectivity index (χ3n) is 9.50. The van der Waals surface area contributed by atoms with E-state index in [2.05, 4.69) is 21.9 Å². The molecule has 238 valence electrons. The molecule has 3 heterocycles. The fourth-order valence-corrected chi connectivity index (χ4v) is 7.76. The van der Waals surface area contributed by atoms with E-state index in [-0.39, 0.29) is 46.2 Å². The van der Waals surface area contributed by atoms with Gasteiger partial charge in [0.25, 0.3) is 0 Å². The van der Waals surface area contributed by atoms with Crippen LogP contribution in [0.3, 0.4) is 0 Å². The molecule has 1 fully saturated rings. The van der Waals surface area contributed by atoms with Crippen molar-refractivity contribution >= 4 is 28.6 Å². The molecule has 2 aliphatic rings. The lowest BCUT2D eigenvalue weighted by Crippen LogP contribution is -2.32. The molecule has 11 heteroatoms. The molecule has 0 bridgehead atoms. The van der Waals surface area contributed by atoms with Crippen LogP contribution in [0.1, 0.15) is 55.3 Å². The summed E-state index contributed by atoms with van der Waals surface area (Å²) < 4.78 is 62.5. The van der Waals surface area contributed by atoms with Gasteiger partial charge in [0.15, 0.2) is 11.6 Å². The first-order valence-corrected chi connectivity index (χ1v) is 16.4. The van der Waals surface area contributed by atoms with Crippen LogP contribution in [-0.4, -0.2) is 40.9 Å². The number of fused-ring (bicyclic) bond motifs is 2. The maximum absolute atomic E-state index is 15.3. The average molecular weight is 648 g/mol. The molecule has 3 aromatic carbocycles. The van der Waals surface area contributed by atoms with Gasteiger partial charge in [0.1, 0.15) is 23.1 Å². The molecule has 0 radical (unpaired) electrons. The van der Waals surface area contributed by atoms with Crippen LogP contribution in [0.4, 0.5) is 13.2 Å². The van der Waals surface area contributed by atoms with Gasteiger partial charge in [-0.1, -0.05) is 24.6 Å². The van der Waals surface area contributed by atoms with E-state index < -0.39 is 22.9 Å². The Labute approximate surface area is 267 Å². The number of esters is 1. The van der Waals surface area contributed by atoms with E-state index in [1.807, 2.05) is 18.2 Å². The largest absolute Gasteiger partial charge is 0.493 e. The van der Waals surface area contributed by atoms with Crippen molar-refractivity contribution in [2.24, 2.45) is 5.92 Å². The highest BCUT2D eigenvalue weighted by atomic mass is 32.2. The third kappa shape index (κ3) is 4.83. The molecule has 3 unspecified atom stereocenters. The maximum Gasteiger partial charge on any atom is 0.309 e. The number of nitrogens with zero attached hydrogens (tertiary/aromatic N) is 1. The molecule has 7 rings (SSSR count). The van der Waals surface area contributed by atoms with Crippen LogP contribution in [-0.2, 0) is 14.9 Å². The zero-order valence-corrected chi connectivity index (χ0v) is 26.3. The van der Waals surface area contributed by atoms with Crippen LogP contribution in [0.5, 0.6) is 17.2 Å². The SMILES string of the molecule is COC(=O)C1CCCC1c1cccc2c1OCCC2(C)c1cnc(-c2cc(Oc3c(F)c(F)c4[nH]ccc4c3SC)ccc2F)[nH]1. The Bertz CT molecular complexity index is 1970. The lowest BCUT2D eigenvalue weighted by atomic mass is 9.73. The number of carbonyl (C=O) groups is 1. The second-order valence-electron chi connectivity index (χ2n) is 12.0. The Hall–Kier alpha value is -4.38. The molecule has 1 aliphatic heterocycles. The zero-order chi connectivity index (χ0) is 32.2. The normalized spacial score (nSPS) is 20.8. The lowest BCUT2D eigenvalue weighted by molar-refractivity contribution is -0.145. The molecule has 46 heavy (non-hydrogen) atoms. The van der Waals surface area contributed by atoms with Crippen molar-refractivity contribution in [1.82, 2.24) is 15.0 Å². The van der Waals surface area contributed by atoms with Crippen molar-refractivity contribution in [2.75, 3.05) is 20.0 Å². The van der Waals surface area contributed by atoms with Crippen LogP contribution < -0.4 is 9.47 Å². The van der Waals surface area contributed by atoms with Crippen molar-refractivity contribution in [3.05, 3.63) is 89.1 Å². The molecule has 0 amide bonds. The molecule has 1 aliphatic carbocycles. The summed E-state index contributed by atoms with van der Waals surface area (Å²) in [5, 5.41) is 0.487. The smallest absolute Gasteiger partial charge is 0.309 e. The van der Waals surface area contributed by atoms with Gasteiger partial charge in [-0.15, -0.1) is 11.8 Å². The Balaban J connectivity index is 1.23. The number of aromatic nitrogens is 3. The molecule has 7 nitrogen and oxygen atoms in total. The molecule has 2 aromatic heterocycles. The number of hydrogen-bond acceptors (Lipinski definition) is 6. The number of ether oxygens (including phenoxy) is 3. The standard InChI is InChI=1S/C35H32F3N3O4S/c1-35(13-15-44-30-20(7-5-9-24(30)35)19-6-4-8-21(19)34(42)43-2)26-17-40-33(41-26)23-16-18(10-11-25(23)36)45-31-28(38)27(37)29-22(12-14-39-29)32(31)46-3/h5,7,9-12,14,16-17,19,21,39H,4,6,8,13,15H2,1-3H3,(H,40,41). The molecule has 2 N–H and O–H groups in total. The number of H-pyrrole nitrogens is 2. The Kier molecular flexibility index (Phi) is 7.75. The lowest BCUT2D eigenvalue weighted by Gasteiger charge is -2.37. The monoisotopic (exact) mass is 647 g/mol. The fourth-order valence-electron chi connectivity index (χ4n) is 7.05. The molecule has 5 aromatic rings. The summed E-state index contributed by atoms with van der Waals surface area (Å²) in [6.07, 6.45) is 8.20. The first-order valence-electron chi connectivity index (χ1n) is 15.1. The number of benzene rings is 3. The number of halogens is 3. The van der Waals surface area contributed by atoms with Crippen LogP contribution in [0, 0.1) is 23.4 Å². The van der Waals surface area contributed by atoms with Gasteiger partial charge in [-0.3, -0.25) is 4.79 Å². The summed E-state index contributed by atoms with van der Waals surface area (Å²) in [5.74, 6) is -2.26. The van der Waals surface area contributed by atoms with Crippen molar-refractivity contribution < 1.29 is 32.2 Å². The minimum Gasteiger partial charge on any atom is -0.493 e. The first kappa shape index (κ1) is 30.3. The quantitative estimate of drug-likeness (QED) is 0.136. The Morgan fingerprint density at radius 2 is 1.98 bits per heavy atom. The summed E-state index contributed by atoms with van der Waals surface area (Å²) >= 11 is 1.22. The number of methoxy groups -OCH3 is 1. The predicted molar refractivity (Wildman–Crippen MR) is 169 cm³/mol. The van der Waals surface area contributed by atoms with Gasteiger partial charge < -0.3 is 24.2 Å². The maximum atomic E-state index is 15.3. The van der Waals surface area contributed by atoms with Crippen LogP contribution in [0.2, 0.25) is 0 Å². The summed E-state index contributed by atoms with van der Waals surface area (Å²) in [4.78, 5) is 23.6. The van der Waals surface area contributed by atoms with Gasteiger partial charge in [0, 0.05) is 40.4 Å². The molecular formula is C35H32F3N3O4S. The minimum atomic E-state index is -1.13. The van der Waals surface area contributed by atoms with E-state index in [0.717, 1.165) is 41.8 Å². The number of carbonyl (C=O) groups excluding carboxylic acids is 1. The predicted octanol–water partition coefficient (Wildman–Crippen LogP) is 8.63. The van der Waals surface area contributed by atoms with E-state index in [0.29, 0.717) is 23.3 Å². The molecular weight excluding hydrogens is 615 g/mol. The van der Waals surface area contributed by atoms with Crippen molar-refractivity contribution in [2.45, 2.75) is 48.8 Å². The summed E-state index contributed by atoms with van der Waals surface area (Å²) in [6, 6.07) is 11.7. The molecule has 0 spiro atoms. The van der Waals surface area contributed by atoms with Gasteiger partial charge in [-0.2, -0.15) is 4.39 Å². The Morgan fingerprint density at radius 3 is 2.78 bits per heavy atom. The third-order valence-corrected chi connectivity index (χ3v) is 10.3. The van der Waals surface area contributed by atoms with Crippen molar-refractivity contribution in [3.8, 4) is 28.6 Å². The number of hydrogen-bond donors (Lipinski definition) is 2. The molecule has 1 saturated carbocycles. The van der Waals surface area contributed by atoms with Gasteiger partial charge in [0.05, 0.1) is 35.6 Å². The minimum absolute atomic E-state index is 0.00167. The molecule has 3 atom stereocenters. The van der Waals surface area contributed by atoms with E-state index in [1.54, 1.807) is 18.5 Å². The summed E-state index contributed by atoms with van der Waals surface area (Å²) in [5.41, 5.74) is 2.36. The Morgan fingerprint density at radius 1 is 1.13 bits per heavy atom. The van der Waals surface area contributed by atoms with Gasteiger partial charge in [0.2, 0.25) is 5.82 Å². The topological polar surface area (TPSA) is 89.2 Å². The van der Waals surface area contributed by atoms with E-state index >= 15 is 8.78 Å². The van der Waals surface area contributed by atoms with E-state index in [9.17, 15) is 9.18 Å². The van der Waals surface area contributed by atoms with Crippen LogP contribution >= 0.6 is 11.8 Å². The highest BCUT2D eigenvalue weighted by Gasteiger charge is 2.42. The summed E-state index contributed by atoms with van der Waals surface area (Å²) in [6.45, 7) is 2.55. The number of nitrogens with one attached hydrogen (secondary N) is 2. The second kappa shape index (κ2) is 11.8. The van der Waals surface area contributed by atoms with Gasteiger partial charge in [-0.25, -0.2) is 13.8 Å². The van der Waals surface area contributed by atoms with Crippen molar-refractivity contribution in [1.29, 1.82) is 0 Å². The molecule has 0 saturated heterocycles. The number of imidazole rings is 1. The van der Waals surface area contributed by atoms with Crippen molar-refractivity contribution in [3.63, 3.8) is 0 Å². The number of rotatable bonds is 7. The van der Waals surface area contributed by atoms with Gasteiger partial charge in [-0.05, 0) is 62.3 Å². The number of para-hydroxylation sites is 1. The number of aromatic amines is 2.